The maximum atomic E-state index is 12.9. The number of nitriles is 1. The molecular formula is C13H13ClN4O2S. The number of nitrogens with zero attached hydrogens (tertiary/aromatic N) is 4. The van der Waals surface area contributed by atoms with E-state index in [0.717, 1.165) is 12.8 Å². The van der Waals surface area contributed by atoms with Gasteiger partial charge in [0.05, 0.1) is 6.07 Å². The highest BCUT2D eigenvalue weighted by Gasteiger charge is 2.40. The van der Waals surface area contributed by atoms with Crippen LogP contribution >= 0.6 is 11.6 Å². The van der Waals surface area contributed by atoms with Crippen LogP contribution in [-0.4, -0.2) is 34.7 Å². The van der Waals surface area contributed by atoms with Crippen LogP contribution in [0.15, 0.2) is 29.4 Å². The maximum Gasteiger partial charge on any atom is 0.262 e. The number of fused-ring (bicyclic) bond motifs is 1. The molecule has 2 aromatic rings. The Balaban J connectivity index is 2.11. The van der Waals surface area contributed by atoms with E-state index in [1.165, 1.54) is 8.71 Å². The van der Waals surface area contributed by atoms with Crippen LogP contribution in [0.1, 0.15) is 19.3 Å². The van der Waals surface area contributed by atoms with Crippen molar-refractivity contribution in [3.05, 3.63) is 29.5 Å². The average molecular weight is 325 g/mol. The summed E-state index contributed by atoms with van der Waals surface area (Å²) in [5, 5.41) is 8.66. The van der Waals surface area contributed by atoms with E-state index >= 15 is 0 Å². The highest BCUT2D eigenvalue weighted by Crippen LogP contribution is 2.34. The molecule has 1 aliphatic rings. The van der Waals surface area contributed by atoms with E-state index in [9.17, 15) is 8.42 Å². The summed E-state index contributed by atoms with van der Waals surface area (Å²) in [7, 11) is -3.77. The predicted octanol–water partition coefficient (Wildman–Crippen LogP) is 2.05. The van der Waals surface area contributed by atoms with E-state index in [2.05, 4.69) is 4.98 Å². The van der Waals surface area contributed by atoms with Gasteiger partial charge in [-0.25, -0.2) is 13.4 Å². The van der Waals surface area contributed by atoms with Gasteiger partial charge in [0.1, 0.15) is 5.65 Å². The Morgan fingerprint density at radius 2 is 2.24 bits per heavy atom. The van der Waals surface area contributed by atoms with Gasteiger partial charge in [-0.05, 0) is 25.0 Å². The first-order chi connectivity index (χ1) is 10.1. The zero-order valence-electron chi connectivity index (χ0n) is 11.1. The van der Waals surface area contributed by atoms with Crippen LogP contribution in [0.25, 0.3) is 5.65 Å². The lowest BCUT2D eigenvalue weighted by molar-refractivity contribution is 0.408. The summed E-state index contributed by atoms with van der Waals surface area (Å²) in [6, 6.07) is 7.14. The first-order valence-corrected chi connectivity index (χ1v) is 8.39. The number of hydrogen-bond donors (Lipinski definition) is 0. The molecule has 3 rings (SSSR count). The van der Waals surface area contributed by atoms with Crippen molar-refractivity contribution in [2.45, 2.75) is 30.3 Å². The predicted molar refractivity (Wildman–Crippen MR) is 77.3 cm³/mol. The molecule has 0 aliphatic heterocycles. The van der Waals surface area contributed by atoms with Crippen LogP contribution in [0.4, 0.5) is 0 Å². The Labute approximate surface area is 127 Å². The van der Waals surface area contributed by atoms with Crippen LogP contribution in [0, 0.1) is 11.3 Å². The van der Waals surface area contributed by atoms with Crippen molar-refractivity contribution in [3.8, 4) is 6.07 Å². The molecule has 0 bridgehead atoms. The first-order valence-electron chi connectivity index (χ1n) is 6.57. The molecule has 0 spiro atoms. The minimum absolute atomic E-state index is 0.0235. The number of aromatic nitrogens is 2. The lowest BCUT2D eigenvalue weighted by Crippen LogP contribution is -2.34. The SMILES string of the molecule is N#CCCN(C1CC1)S(=O)(=O)c1c(Cl)nc2ccccn12. The standard InChI is InChI=1S/C13H13ClN4O2S/c14-12-13(17-8-2-1-4-11(17)16-12)21(19,20)18(9-3-7-15)10-5-6-10/h1-2,4,8,10H,3,5-6,9H2. The number of imidazole rings is 1. The van der Waals surface area contributed by atoms with Gasteiger partial charge in [0.2, 0.25) is 0 Å². The normalized spacial score (nSPS) is 15.5. The smallest absolute Gasteiger partial charge is 0.262 e. The Kier molecular flexibility index (Phi) is 3.61. The van der Waals surface area contributed by atoms with Crippen molar-refractivity contribution >= 4 is 27.3 Å². The van der Waals surface area contributed by atoms with E-state index in [0.29, 0.717) is 5.65 Å². The first kappa shape index (κ1) is 14.3. The molecule has 0 atom stereocenters. The molecule has 1 aliphatic carbocycles. The van der Waals surface area contributed by atoms with Gasteiger partial charge in [0.15, 0.2) is 10.2 Å². The number of hydrogen-bond acceptors (Lipinski definition) is 4. The van der Waals surface area contributed by atoms with Gasteiger partial charge < -0.3 is 0 Å². The summed E-state index contributed by atoms with van der Waals surface area (Å²) < 4.78 is 28.6. The highest BCUT2D eigenvalue weighted by atomic mass is 35.5. The largest absolute Gasteiger partial charge is 0.288 e. The van der Waals surface area contributed by atoms with Crippen molar-refractivity contribution in [3.63, 3.8) is 0 Å². The molecule has 110 valence electrons. The average Bonchev–Trinajstić information content (AvgIpc) is 3.20. The zero-order chi connectivity index (χ0) is 15.0. The molecule has 0 unspecified atom stereocenters. The number of pyridine rings is 1. The summed E-state index contributed by atoms with van der Waals surface area (Å²) in [5.41, 5.74) is 0.483. The lowest BCUT2D eigenvalue weighted by Gasteiger charge is -2.20. The third kappa shape index (κ3) is 2.50. The van der Waals surface area contributed by atoms with E-state index in [1.54, 1.807) is 24.4 Å². The van der Waals surface area contributed by atoms with Crippen molar-refractivity contribution in [1.29, 1.82) is 5.26 Å². The van der Waals surface area contributed by atoms with Crippen LogP contribution in [0.5, 0.6) is 0 Å². The molecule has 1 saturated carbocycles. The van der Waals surface area contributed by atoms with Crippen LogP contribution < -0.4 is 0 Å². The Morgan fingerprint density at radius 3 is 2.90 bits per heavy atom. The van der Waals surface area contributed by atoms with E-state index in [4.69, 9.17) is 16.9 Å². The van der Waals surface area contributed by atoms with Crippen LogP contribution in [-0.2, 0) is 10.0 Å². The fourth-order valence-corrected chi connectivity index (χ4v) is 4.60. The highest BCUT2D eigenvalue weighted by molar-refractivity contribution is 7.89. The monoisotopic (exact) mass is 324 g/mol. The molecule has 2 aromatic heterocycles. The molecule has 0 amide bonds. The molecule has 2 heterocycles. The van der Waals surface area contributed by atoms with Gasteiger partial charge in [-0.1, -0.05) is 17.7 Å². The number of halogens is 1. The summed E-state index contributed by atoms with van der Waals surface area (Å²) >= 11 is 6.05. The fraction of sp³-hybridized carbons (Fsp3) is 0.385. The molecule has 1 fully saturated rings. The van der Waals surface area contributed by atoms with E-state index < -0.39 is 10.0 Å². The van der Waals surface area contributed by atoms with Gasteiger partial charge in [0.25, 0.3) is 10.0 Å². The number of rotatable bonds is 5. The minimum atomic E-state index is -3.77. The summed E-state index contributed by atoms with van der Waals surface area (Å²) in [5.74, 6) is 0. The molecule has 0 aromatic carbocycles. The van der Waals surface area contributed by atoms with E-state index in [1.807, 2.05) is 6.07 Å². The van der Waals surface area contributed by atoms with Crippen molar-refractivity contribution in [2.24, 2.45) is 0 Å². The van der Waals surface area contributed by atoms with Gasteiger partial charge in [-0.3, -0.25) is 4.40 Å². The van der Waals surface area contributed by atoms with E-state index in [-0.39, 0.29) is 29.2 Å². The van der Waals surface area contributed by atoms with Gasteiger partial charge in [0, 0.05) is 25.2 Å². The van der Waals surface area contributed by atoms with Crippen LogP contribution in [0.2, 0.25) is 5.15 Å². The topological polar surface area (TPSA) is 78.5 Å². The Morgan fingerprint density at radius 1 is 1.48 bits per heavy atom. The quantitative estimate of drug-likeness (QED) is 0.843. The third-order valence-corrected chi connectivity index (χ3v) is 5.75. The fourth-order valence-electron chi connectivity index (χ4n) is 2.31. The second-order valence-corrected chi connectivity index (χ2v) is 7.06. The molecule has 8 heteroatoms. The zero-order valence-corrected chi connectivity index (χ0v) is 12.7. The third-order valence-electron chi connectivity index (χ3n) is 3.40. The van der Waals surface area contributed by atoms with Crippen molar-refractivity contribution in [2.75, 3.05) is 6.54 Å². The summed E-state index contributed by atoms with van der Waals surface area (Å²) in [4.78, 5) is 4.08. The maximum absolute atomic E-state index is 12.9. The lowest BCUT2D eigenvalue weighted by atomic mass is 10.4. The minimum Gasteiger partial charge on any atom is -0.288 e. The van der Waals surface area contributed by atoms with Gasteiger partial charge in [-0.2, -0.15) is 9.57 Å². The molecule has 0 radical (unpaired) electrons. The van der Waals surface area contributed by atoms with Gasteiger partial charge in [-0.15, -0.1) is 0 Å². The number of sulfonamides is 1. The van der Waals surface area contributed by atoms with Crippen LogP contribution in [0.3, 0.4) is 0 Å². The molecule has 6 nitrogen and oxygen atoms in total. The second-order valence-electron chi connectivity index (χ2n) is 4.89. The molecule has 21 heavy (non-hydrogen) atoms. The molecular weight excluding hydrogens is 312 g/mol. The summed E-state index contributed by atoms with van der Waals surface area (Å²) in [6.07, 6.45) is 3.42. The van der Waals surface area contributed by atoms with Gasteiger partial charge >= 0.3 is 0 Å². The Hall–Kier alpha value is -1.62. The molecule has 0 saturated heterocycles. The van der Waals surface area contributed by atoms with Crippen molar-refractivity contribution in [1.82, 2.24) is 13.7 Å². The second kappa shape index (κ2) is 5.30. The summed E-state index contributed by atoms with van der Waals surface area (Å²) in [6.45, 7) is 0.180. The van der Waals surface area contributed by atoms with Crippen molar-refractivity contribution < 1.29 is 8.42 Å². The molecule has 0 N–H and O–H groups in total. The Bertz CT molecular complexity index is 820.